The molecule has 0 aliphatic carbocycles. The predicted octanol–water partition coefficient (Wildman–Crippen LogP) is 0.318. The lowest BCUT2D eigenvalue weighted by molar-refractivity contribution is 0.399. The van der Waals surface area contributed by atoms with E-state index in [9.17, 15) is 17.2 Å². The molecule has 0 saturated heterocycles. The van der Waals surface area contributed by atoms with Crippen LogP contribution in [0.5, 0.6) is 5.75 Å². The highest BCUT2D eigenvalue weighted by Gasteiger charge is 2.19. The molecule has 72 valence electrons. The number of aromatic hydroxyl groups is 1. The van der Waals surface area contributed by atoms with Crippen LogP contribution in [-0.4, -0.2) is 13.5 Å². The first-order valence-electron chi connectivity index (χ1n) is 3.04. The summed E-state index contributed by atoms with van der Waals surface area (Å²) in [6, 6.07) is 1.39. The molecule has 1 aromatic carbocycles. The van der Waals surface area contributed by atoms with E-state index < -0.39 is 32.3 Å². The summed E-state index contributed by atoms with van der Waals surface area (Å²) in [6.07, 6.45) is 0. The first-order valence-corrected chi connectivity index (χ1v) is 4.58. The molecule has 13 heavy (non-hydrogen) atoms. The number of hydrogen-bond acceptors (Lipinski definition) is 3. The van der Waals surface area contributed by atoms with E-state index in [1.165, 1.54) is 0 Å². The Hall–Kier alpha value is -1.21. The molecule has 0 fully saturated rings. The fourth-order valence-electron chi connectivity index (χ4n) is 0.741. The van der Waals surface area contributed by atoms with E-state index in [0.29, 0.717) is 12.1 Å². The van der Waals surface area contributed by atoms with Crippen LogP contribution in [-0.2, 0) is 10.0 Å². The minimum atomic E-state index is -4.30. The van der Waals surface area contributed by atoms with Crippen LogP contribution in [0.25, 0.3) is 0 Å². The van der Waals surface area contributed by atoms with Crippen molar-refractivity contribution in [3.8, 4) is 5.75 Å². The Morgan fingerprint density at radius 2 is 1.77 bits per heavy atom. The smallest absolute Gasteiger partial charge is 0.241 e. The van der Waals surface area contributed by atoms with Gasteiger partial charge < -0.3 is 5.11 Å². The summed E-state index contributed by atoms with van der Waals surface area (Å²) in [5.41, 5.74) is 0. The van der Waals surface area contributed by atoms with Crippen molar-refractivity contribution in [2.75, 3.05) is 0 Å². The molecule has 0 amide bonds. The average Bonchev–Trinajstić information content (AvgIpc) is 1.98. The highest BCUT2D eigenvalue weighted by Crippen LogP contribution is 2.23. The summed E-state index contributed by atoms with van der Waals surface area (Å²) in [7, 11) is -4.30. The highest BCUT2D eigenvalue weighted by atomic mass is 32.2. The third-order valence-corrected chi connectivity index (χ3v) is 2.26. The molecule has 4 nitrogen and oxygen atoms in total. The molecule has 0 heterocycles. The molecular formula is C6H5F2NO3S. The van der Waals surface area contributed by atoms with Gasteiger partial charge in [-0.3, -0.25) is 0 Å². The quantitative estimate of drug-likeness (QED) is 0.698. The minimum absolute atomic E-state index is 0.684. The molecule has 0 aromatic heterocycles. The zero-order valence-electron chi connectivity index (χ0n) is 6.16. The highest BCUT2D eigenvalue weighted by molar-refractivity contribution is 7.89. The van der Waals surface area contributed by atoms with E-state index in [0.717, 1.165) is 0 Å². The maximum atomic E-state index is 12.8. The molecule has 0 unspecified atom stereocenters. The van der Waals surface area contributed by atoms with Crippen LogP contribution in [0.2, 0.25) is 0 Å². The zero-order chi connectivity index (χ0) is 10.2. The van der Waals surface area contributed by atoms with E-state index in [1.807, 2.05) is 0 Å². The maximum Gasteiger partial charge on any atom is 0.241 e. The van der Waals surface area contributed by atoms with Gasteiger partial charge in [0.05, 0.1) is 0 Å². The molecule has 1 aromatic rings. The summed E-state index contributed by atoms with van der Waals surface area (Å²) in [5, 5.41) is 13.2. The summed E-state index contributed by atoms with van der Waals surface area (Å²) in [6.45, 7) is 0. The van der Waals surface area contributed by atoms with Gasteiger partial charge in [0.1, 0.15) is 4.90 Å². The molecule has 0 atom stereocenters. The second kappa shape index (κ2) is 2.93. The first-order chi connectivity index (χ1) is 5.84. The maximum absolute atomic E-state index is 12.8. The van der Waals surface area contributed by atoms with Crippen LogP contribution < -0.4 is 5.14 Å². The molecule has 0 radical (unpaired) electrons. The van der Waals surface area contributed by atoms with Crippen LogP contribution in [0.1, 0.15) is 0 Å². The number of sulfonamides is 1. The molecule has 0 aliphatic rings. The number of hydrogen-bond donors (Lipinski definition) is 2. The molecule has 0 spiro atoms. The van der Waals surface area contributed by atoms with Crippen molar-refractivity contribution in [1.29, 1.82) is 0 Å². The van der Waals surface area contributed by atoms with Gasteiger partial charge in [-0.25, -0.2) is 17.9 Å². The number of nitrogens with two attached hydrogens (primary N) is 1. The number of primary sulfonamides is 1. The molecule has 0 saturated carbocycles. The van der Waals surface area contributed by atoms with E-state index in [4.69, 9.17) is 5.11 Å². The lowest BCUT2D eigenvalue weighted by Gasteiger charge is -2.01. The van der Waals surface area contributed by atoms with Crippen LogP contribution in [0.3, 0.4) is 0 Å². The van der Waals surface area contributed by atoms with E-state index in [2.05, 4.69) is 5.14 Å². The van der Waals surface area contributed by atoms with Gasteiger partial charge in [0.15, 0.2) is 11.6 Å². The largest absolute Gasteiger partial charge is 0.505 e. The second-order valence-electron chi connectivity index (χ2n) is 2.26. The number of phenols is 1. The van der Waals surface area contributed by atoms with Crippen molar-refractivity contribution in [2.45, 2.75) is 4.90 Å². The van der Waals surface area contributed by atoms with Crippen LogP contribution in [0.15, 0.2) is 17.0 Å². The van der Waals surface area contributed by atoms with Crippen molar-refractivity contribution in [3.63, 3.8) is 0 Å². The van der Waals surface area contributed by atoms with E-state index >= 15 is 0 Å². The SMILES string of the molecule is NS(=O)(=O)c1ccc(O)c(F)c1F. The lowest BCUT2D eigenvalue weighted by atomic mass is 10.3. The fraction of sp³-hybridized carbons (Fsp3) is 0. The van der Waals surface area contributed by atoms with Gasteiger partial charge in [-0.2, -0.15) is 4.39 Å². The summed E-state index contributed by atoms with van der Waals surface area (Å²) in [4.78, 5) is -0.984. The summed E-state index contributed by atoms with van der Waals surface area (Å²) in [5.74, 6) is -4.28. The Bertz CT molecular complexity index is 443. The van der Waals surface area contributed by atoms with Crippen LogP contribution in [0.4, 0.5) is 8.78 Å². The summed E-state index contributed by atoms with van der Waals surface area (Å²) >= 11 is 0. The lowest BCUT2D eigenvalue weighted by Crippen LogP contribution is -2.14. The Balaban J connectivity index is 3.53. The van der Waals surface area contributed by atoms with Crippen molar-refractivity contribution in [2.24, 2.45) is 5.14 Å². The van der Waals surface area contributed by atoms with Gasteiger partial charge in [0.2, 0.25) is 15.8 Å². The van der Waals surface area contributed by atoms with Gasteiger partial charge >= 0.3 is 0 Å². The van der Waals surface area contributed by atoms with Crippen LogP contribution in [0, 0.1) is 11.6 Å². The Labute approximate surface area is 72.7 Å². The molecule has 1 rings (SSSR count). The molecule has 0 aliphatic heterocycles. The monoisotopic (exact) mass is 209 g/mol. The molecule has 0 bridgehead atoms. The van der Waals surface area contributed by atoms with Crippen molar-refractivity contribution < 1.29 is 22.3 Å². The first kappa shape index (κ1) is 9.87. The van der Waals surface area contributed by atoms with Gasteiger partial charge in [-0.05, 0) is 12.1 Å². The van der Waals surface area contributed by atoms with Crippen LogP contribution >= 0.6 is 0 Å². The zero-order valence-corrected chi connectivity index (χ0v) is 6.98. The van der Waals surface area contributed by atoms with Gasteiger partial charge in [0, 0.05) is 0 Å². The van der Waals surface area contributed by atoms with Gasteiger partial charge in [0.25, 0.3) is 0 Å². The number of benzene rings is 1. The normalized spacial score (nSPS) is 11.6. The third kappa shape index (κ3) is 1.76. The third-order valence-electron chi connectivity index (χ3n) is 1.33. The molecule has 3 N–H and O–H groups in total. The van der Waals surface area contributed by atoms with E-state index in [-0.39, 0.29) is 0 Å². The second-order valence-corrected chi connectivity index (χ2v) is 3.79. The van der Waals surface area contributed by atoms with Gasteiger partial charge in [-0.15, -0.1) is 0 Å². The summed E-state index contributed by atoms with van der Waals surface area (Å²) < 4.78 is 46.6. The number of rotatable bonds is 1. The Morgan fingerprint density at radius 3 is 2.23 bits per heavy atom. The minimum Gasteiger partial charge on any atom is -0.505 e. The van der Waals surface area contributed by atoms with Gasteiger partial charge in [-0.1, -0.05) is 0 Å². The fourth-order valence-corrected chi connectivity index (χ4v) is 1.34. The van der Waals surface area contributed by atoms with E-state index in [1.54, 1.807) is 0 Å². The number of phenolic OH excluding ortho intramolecular Hbond substituents is 1. The molecular weight excluding hydrogens is 204 g/mol. The van der Waals surface area contributed by atoms with Crippen molar-refractivity contribution >= 4 is 10.0 Å². The number of halogens is 2. The average molecular weight is 209 g/mol. The van der Waals surface area contributed by atoms with Crippen molar-refractivity contribution in [3.05, 3.63) is 23.8 Å². The predicted molar refractivity (Wildman–Crippen MR) is 39.4 cm³/mol. The Morgan fingerprint density at radius 1 is 1.23 bits per heavy atom. The molecule has 7 heteroatoms. The van der Waals surface area contributed by atoms with Crippen molar-refractivity contribution in [1.82, 2.24) is 0 Å². The standard InChI is InChI=1S/C6H5F2NO3S/c7-5-3(10)1-2-4(6(5)8)13(9,11)12/h1-2,10H,(H2,9,11,12). The Kier molecular flexibility index (Phi) is 2.22. The topological polar surface area (TPSA) is 80.4 Å².